The highest BCUT2D eigenvalue weighted by Crippen LogP contribution is 2.25. The summed E-state index contributed by atoms with van der Waals surface area (Å²) in [5.41, 5.74) is 3.87. The third-order valence-electron chi connectivity index (χ3n) is 3.93. The van der Waals surface area contributed by atoms with Crippen LogP contribution < -0.4 is 16.0 Å². The van der Waals surface area contributed by atoms with Crippen LogP contribution in [0.1, 0.15) is 18.2 Å². The maximum Gasteiger partial charge on any atom is 0.296 e. The molecule has 0 aliphatic carbocycles. The summed E-state index contributed by atoms with van der Waals surface area (Å²) in [5, 5.41) is 26.3. The van der Waals surface area contributed by atoms with Crippen molar-refractivity contribution in [1.29, 1.82) is 10.7 Å². The van der Waals surface area contributed by atoms with Gasteiger partial charge in [-0.05, 0) is 36.8 Å². The van der Waals surface area contributed by atoms with Crippen LogP contribution in [0.5, 0.6) is 11.5 Å². The number of aryl methyl sites for hydroxylation is 1. The topological polar surface area (TPSA) is 138 Å². The monoisotopic (exact) mass is 437 g/mol. The van der Waals surface area contributed by atoms with Crippen LogP contribution in [0.3, 0.4) is 0 Å². The number of nitrogens with one attached hydrogen (secondary N) is 1. The van der Waals surface area contributed by atoms with E-state index in [1.54, 1.807) is 0 Å². The first-order valence-electron chi connectivity index (χ1n) is 8.48. The van der Waals surface area contributed by atoms with Gasteiger partial charge in [0.15, 0.2) is 0 Å². The van der Waals surface area contributed by atoms with Crippen LogP contribution in [0, 0.1) is 23.7 Å². The Balaban J connectivity index is 2.44. The minimum absolute atomic E-state index is 0.126. The number of nitriles is 1. The molecule has 4 N–H and O–H groups in total. The number of hydrogen-bond donors (Lipinski definition) is 3. The number of nitrogens with zero attached hydrogens (tertiary/aromatic N) is 3. The highest BCUT2D eigenvalue weighted by Gasteiger charge is 2.27. The van der Waals surface area contributed by atoms with Crippen LogP contribution >= 0.6 is 11.6 Å². The van der Waals surface area contributed by atoms with Gasteiger partial charge < -0.3 is 15.6 Å². The molecule has 0 fully saturated rings. The number of ether oxygens (including phenoxy) is 1. The lowest BCUT2D eigenvalue weighted by Crippen LogP contribution is -2.31. The quantitative estimate of drug-likeness (QED) is 0.449. The Morgan fingerprint density at radius 2 is 2.20 bits per heavy atom. The standard InChI is InChI=1S/C19H18ClF2N5O3/c1-10-16(30-14-4-11(7-23)3-13(20)6-14)18(29)27(9-26-10)8-12(17(25)28)5-15(24)19(2,21)22/h3-6,9,17,24,28H,8,25H2,1-2H3. The maximum absolute atomic E-state index is 13.3. The van der Waals surface area contributed by atoms with E-state index in [-0.39, 0.29) is 33.4 Å². The van der Waals surface area contributed by atoms with E-state index in [0.29, 0.717) is 13.0 Å². The summed E-state index contributed by atoms with van der Waals surface area (Å²) in [7, 11) is 0. The van der Waals surface area contributed by atoms with Crippen molar-refractivity contribution in [3.8, 4) is 17.6 Å². The third-order valence-corrected chi connectivity index (χ3v) is 4.15. The minimum Gasteiger partial charge on any atom is -0.450 e. The van der Waals surface area contributed by atoms with E-state index >= 15 is 0 Å². The second kappa shape index (κ2) is 9.13. The van der Waals surface area contributed by atoms with Crippen LogP contribution in [-0.4, -0.2) is 32.5 Å². The largest absolute Gasteiger partial charge is 0.450 e. The zero-order valence-electron chi connectivity index (χ0n) is 16.0. The number of aliphatic hydroxyl groups is 1. The van der Waals surface area contributed by atoms with Crippen molar-refractivity contribution in [1.82, 2.24) is 9.55 Å². The summed E-state index contributed by atoms with van der Waals surface area (Å²) >= 11 is 5.93. The second-order valence-electron chi connectivity index (χ2n) is 6.45. The molecule has 8 nitrogen and oxygen atoms in total. The molecule has 1 aromatic carbocycles. The highest BCUT2D eigenvalue weighted by atomic mass is 35.5. The maximum atomic E-state index is 13.3. The lowest BCUT2D eigenvalue weighted by molar-refractivity contribution is 0.101. The number of alkyl halides is 2. The number of aromatic nitrogens is 2. The minimum atomic E-state index is -3.45. The molecule has 0 saturated heterocycles. The lowest BCUT2D eigenvalue weighted by Gasteiger charge is -2.16. The Morgan fingerprint density at radius 1 is 1.53 bits per heavy atom. The van der Waals surface area contributed by atoms with E-state index in [4.69, 9.17) is 32.7 Å². The molecule has 1 atom stereocenters. The third kappa shape index (κ3) is 5.70. The summed E-state index contributed by atoms with van der Waals surface area (Å²) in [6.07, 6.45) is 0.164. The van der Waals surface area contributed by atoms with Crippen LogP contribution in [0.15, 0.2) is 41.0 Å². The number of hydrogen-bond acceptors (Lipinski definition) is 7. The normalized spacial score (nSPS) is 12.9. The fourth-order valence-electron chi connectivity index (χ4n) is 2.32. The lowest BCUT2D eigenvalue weighted by atomic mass is 10.1. The summed E-state index contributed by atoms with van der Waals surface area (Å²) in [4.78, 5) is 16.9. The zero-order chi connectivity index (χ0) is 22.6. The van der Waals surface area contributed by atoms with Gasteiger partial charge in [0, 0.05) is 11.9 Å². The number of allylic oxidation sites excluding steroid dienone is 1. The first kappa shape index (κ1) is 23.2. The first-order chi connectivity index (χ1) is 13.9. The zero-order valence-corrected chi connectivity index (χ0v) is 16.7. The first-order valence-corrected chi connectivity index (χ1v) is 8.85. The highest BCUT2D eigenvalue weighted by molar-refractivity contribution is 6.30. The van der Waals surface area contributed by atoms with Crippen LogP contribution in [0.2, 0.25) is 5.02 Å². The predicted octanol–water partition coefficient (Wildman–Crippen LogP) is 2.75. The molecule has 1 aromatic heterocycles. The summed E-state index contributed by atoms with van der Waals surface area (Å²) in [5.74, 6) is -3.51. The summed E-state index contributed by atoms with van der Waals surface area (Å²) < 4.78 is 33.1. The Bertz CT molecular complexity index is 1100. The molecule has 2 aromatic rings. The Morgan fingerprint density at radius 3 is 2.77 bits per heavy atom. The molecular formula is C19H18ClF2N5O3. The fourth-order valence-corrected chi connectivity index (χ4v) is 2.55. The molecule has 0 aliphatic heterocycles. The molecule has 2 rings (SSSR count). The molecule has 0 amide bonds. The van der Waals surface area contributed by atoms with Crippen molar-refractivity contribution in [2.45, 2.75) is 32.5 Å². The molecule has 1 heterocycles. The molecule has 1 unspecified atom stereocenters. The Kier molecular flexibility index (Phi) is 7.04. The van der Waals surface area contributed by atoms with Crippen LogP contribution in [-0.2, 0) is 6.54 Å². The molecule has 0 aliphatic rings. The molecule has 158 valence electrons. The predicted molar refractivity (Wildman–Crippen MR) is 106 cm³/mol. The SMILES string of the molecule is Cc1ncn(CC(=CC(=N)C(C)(F)F)C(N)O)c(=O)c1Oc1cc(Cl)cc(C#N)c1. The number of rotatable bonds is 7. The Hall–Kier alpha value is -3.13. The molecule has 11 heteroatoms. The number of halogens is 3. The van der Waals surface area contributed by atoms with Gasteiger partial charge in [0.2, 0.25) is 5.75 Å². The summed E-state index contributed by atoms with van der Waals surface area (Å²) in [6.45, 7) is 1.63. The van der Waals surface area contributed by atoms with Gasteiger partial charge in [0.05, 0.1) is 30.2 Å². The van der Waals surface area contributed by atoms with Gasteiger partial charge in [0.1, 0.15) is 17.7 Å². The van der Waals surface area contributed by atoms with E-state index in [1.165, 1.54) is 25.1 Å². The van der Waals surface area contributed by atoms with Gasteiger partial charge in [0.25, 0.3) is 11.5 Å². The van der Waals surface area contributed by atoms with Crippen LogP contribution in [0.25, 0.3) is 0 Å². The van der Waals surface area contributed by atoms with Crippen molar-refractivity contribution < 1.29 is 18.6 Å². The van der Waals surface area contributed by atoms with E-state index in [0.717, 1.165) is 10.9 Å². The van der Waals surface area contributed by atoms with Crippen LogP contribution in [0.4, 0.5) is 8.78 Å². The number of aliphatic hydroxyl groups excluding tert-OH is 1. The van der Waals surface area contributed by atoms with Gasteiger partial charge in [-0.1, -0.05) is 11.6 Å². The molecule has 0 spiro atoms. The average molecular weight is 438 g/mol. The van der Waals surface area contributed by atoms with Crippen molar-refractivity contribution >= 4 is 17.3 Å². The fraction of sp³-hybridized carbons (Fsp3) is 0.263. The average Bonchev–Trinajstić information content (AvgIpc) is 2.65. The summed E-state index contributed by atoms with van der Waals surface area (Å²) in [6, 6.07) is 6.10. The molecule has 0 saturated carbocycles. The van der Waals surface area contributed by atoms with Gasteiger partial charge in [-0.15, -0.1) is 0 Å². The molecular weight excluding hydrogens is 420 g/mol. The molecule has 0 radical (unpaired) electrons. The van der Waals surface area contributed by atoms with Crippen molar-refractivity contribution in [2.75, 3.05) is 0 Å². The Labute approximate surface area is 175 Å². The molecule has 30 heavy (non-hydrogen) atoms. The van der Waals surface area contributed by atoms with Crippen molar-refractivity contribution in [2.24, 2.45) is 5.73 Å². The smallest absolute Gasteiger partial charge is 0.296 e. The van der Waals surface area contributed by atoms with Gasteiger partial charge in [-0.25, -0.2) is 4.98 Å². The second-order valence-corrected chi connectivity index (χ2v) is 6.88. The molecule has 0 bridgehead atoms. The van der Waals surface area contributed by atoms with E-state index in [2.05, 4.69) is 4.98 Å². The van der Waals surface area contributed by atoms with Gasteiger partial charge in [-0.2, -0.15) is 14.0 Å². The van der Waals surface area contributed by atoms with Crippen molar-refractivity contribution in [3.63, 3.8) is 0 Å². The van der Waals surface area contributed by atoms with Crippen molar-refractivity contribution in [3.05, 3.63) is 62.8 Å². The number of benzene rings is 1. The van der Waals surface area contributed by atoms with E-state index in [1.807, 2.05) is 6.07 Å². The van der Waals surface area contributed by atoms with E-state index in [9.17, 15) is 18.7 Å². The van der Waals surface area contributed by atoms with Gasteiger partial charge in [-0.3, -0.25) is 14.8 Å². The van der Waals surface area contributed by atoms with E-state index < -0.39 is 30.0 Å². The number of nitrogens with two attached hydrogens (primary N) is 1. The van der Waals surface area contributed by atoms with Gasteiger partial charge >= 0.3 is 0 Å².